The van der Waals surface area contributed by atoms with Gasteiger partial charge in [-0.1, -0.05) is 21.6 Å². The number of aliphatic hydroxyl groups excluding tert-OH is 2. The zero-order valence-electron chi connectivity index (χ0n) is 15.8. The number of nitrogens with zero attached hydrogens (tertiary/aromatic N) is 1. The summed E-state index contributed by atoms with van der Waals surface area (Å²) < 4.78 is 5.74. The topological polar surface area (TPSA) is 91.7 Å². The van der Waals surface area contributed by atoms with E-state index in [0.717, 1.165) is 19.3 Å². The maximum Gasteiger partial charge on any atom is 0.220 e. The second kappa shape index (κ2) is 12.4. The molecular weight excluding hydrogens is 372 g/mol. The van der Waals surface area contributed by atoms with E-state index in [9.17, 15) is 4.79 Å². The summed E-state index contributed by atoms with van der Waals surface area (Å²) in [7, 11) is 3.53. The van der Waals surface area contributed by atoms with E-state index in [0.29, 0.717) is 36.7 Å². The van der Waals surface area contributed by atoms with E-state index >= 15 is 0 Å². The van der Waals surface area contributed by atoms with E-state index in [1.165, 1.54) is 0 Å². The predicted octanol–water partition coefficient (Wildman–Crippen LogP) is 2.91. The summed E-state index contributed by atoms with van der Waals surface area (Å²) in [6, 6.07) is 3.32. The molecular formula is C18H30N2O4S2. The van der Waals surface area contributed by atoms with Crippen molar-refractivity contribution < 1.29 is 19.7 Å². The van der Waals surface area contributed by atoms with Crippen LogP contribution in [0.5, 0.6) is 5.75 Å². The summed E-state index contributed by atoms with van der Waals surface area (Å²) >= 11 is 0. The van der Waals surface area contributed by atoms with Crippen molar-refractivity contribution in [2.45, 2.75) is 57.5 Å². The lowest BCUT2D eigenvalue weighted by molar-refractivity contribution is -0.121. The highest BCUT2D eigenvalue weighted by Gasteiger charge is 2.19. The molecule has 0 radical (unpaired) electrons. The van der Waals surface area contributed by atoms with Crippen LogP contribution >= 0.6 is 21.6 Å². The Bertz CT molecular complexity index is 534. The number of hydrogen-bond donors (Lipinski definition) is 3. The van der Waals surface area contributed by atoms with Gasteiger partial charge in [0.1, 0.15) is 5.75 Å². The molecule has 3 N–H and O–H groups in total. The fraction of sp³-hybridized carbons (Fsp3) is 0.667. The van der Waals surface area contributed by atoms with Gasteiger partial charge in [-0.2, -0.15) is 0 Å². The van der Waals surface area contributed by atoms with Gasteiger partial charge in [-0.05, 0) is 39.4 Å². The van der Waals surface area contributed by atoms with E-state index in [1.54, 1.807) is 33.7 Å². The number of pyridine rings is 1. The largest absolute Gasteiger partial charge is 0.493 e. The van der Waals surface area contributed by atoms with Gasteiger partial charge in [0, 0.05) is 29.8 Å². The molecule has 0 unspecified atom stereocenters. The highest BCUT2D eigenvalue weighted by atomic mass is 33.1. The second-order valence-corrected chi connectivity index (χ2v) is 9.62. The Labute approximate surface area is 163 Å². The molecule has 0 spiro atoms. The molecule has 6 nitrogen and oxygen atoms in total. The van der Waals surface area contributed by atoms with Crippen LogP contribution in [0.2, 0.25) is 0 Å². The third-order valence-corrected chi connectivity index (χ3v) is 6.33. The van der Waals surface area contributed by atoms with Gasteiger partial charge in [-0.3, -0.25) is 9.78 Å². The minimum absolute atomic E-state index is 0.0926. The van der Waals surface area contributed by atoms with E-state index in [-0.39, 0.29) is 23.9 Å². The van der Waals surface area contributed by atoms with E-state index in [1.807, 2.05) is 0 Å². The van der Waals surface area contributed by atoms with Crippen molar-refractivity contribution in [1.82, 2.24) is 10.3 Å². The average Bonchev–Trinajstić information content (AvgIpc) is 2.62. The number of aliphatic hydroxyl groups is 2. The average molecular weight is 403 g/mol. The monoisotopic (exact) mass is 402 g/mol. The van der Waals surface area contributed by atoms with Gasteiger partial charge in [-0.25, -0.2) is 0 Å². The number of ether oxygens (including phenoxy) is 1. The molecule has 148 valence electrons. The molecule has 0 fully saturated rings. The maximum atomic E-state index is 11.9. The second-order valence-electron chi connectivity index (χ2n) is 6.52. The van der Waals surface area contributed by atoms with Crippen LogP contribution in [0.25, 0.3) is 0 Å². The number of amides is 1. The maximum absolute atomic E-state index is 11.9. The smallest absolute Gasteiger partial charge is 0.220 e. The quantitative estimate of drug-likeness (QED) is 0.345. The Hall–Kier alpha value is -0.960. The van der Waals surface area contributed by atoms with Crippen LogP contribution < -0.4 is 10.1 Å². The number of nitrogens with one attached hydrogen (secondary N) is 1. The Balaban J connectivity index is 2.18. The van der Waals surface area contributed by atoms with Gasteiger partial charge in [0.25, 0.3) is 0 Å². The Morgan fingerprint density at radius 3 is 2.46 bits per heavy atom. The van der Waals surface area contributed by atoms with Crippen molar-refractivity contribution in [2.24, 2.45) is 0 Å². The van der Waals surface area contributed by atoms with Crippen molar-refractivity contribution in [3.8, 4) is 5.75 Å². The third kappa shape index (κ3) is 9.66. The zero-order valence-corrected chi connectivity index (χ0v) is 17.4. The Morgan fingerprint density at radius 1 is 1.23 bits per heavy atom. The molecule has 1 aromatic rings. The summed E-state index contributed by atoms with van der Waals surface area (Å²) in [6.07, 6.45) is 5.09. The Morgan fingerprint density at radius 2 is 1.88 bits per heavy atom. The van der Waals surface area contributed by atoms with Crippen LogP contribution in [-0.2, 0) is 18.0 Å². The van der Waals surface area contributed by atoms with Crippen LogP contribution in [0.15, 0.2) is 12.1 Å². The molecule has 26 heavy (non-hydrogen) atoms. The van der Waals surface area contributed by atoms with Gasteiger partial charge in [-0.15, -0.1) is 0 Å². The SMILES string of the molecule is CSSC(C)(C)CCC(=O)NCCCCOc1cc(CO)nc(CO)c1. The fourth-order valence-corrected chi connectivity index (χ4v) is 4.52. The van der Waals surface area contributed by atoms with Gasteiger partial charge >= 0.3 is 0 Å². The first-order valence-electron chi connectivity index (χ1n) is 8.73. The van der Waals surface area contributed by atoms with Crippen molar-refractivity contribution >= 4 is 27.5 Å². The van der Waals surface area contributed by atoms with Crippen LogP contribution in [0.3, 0.4) is 0 Å². The third-order valence-electron chi connectivity index (χ3n) is 3.65. The van der Waals surface area contributed by atoms with Crippen molar-refractivity contribution in [1.29, 1.82) is 0 Å². The van der Waals surface area contributed by atoms with E-state index in [4.69, 9.17) is 14.9 Å². The van der Waals surface area contributed by atoms with Crippen molar-refractivity contribution in [3.05, 3.63) is 23.5 Å². The molecule has 0 atom stereocenters. The van der Waals surface area contributed by atoms with E-state index in [2.05, 4.69) is 30.4 Å². The number of carbonyl (C=O) groups excluding carboxylic acids is 1. The van der Waals surface area contributed by atoms with Crippen molar-refractivity contribution in [2.75, 3.05) is 19.4 Å². The van der Waals surface area contributed by atoms with Crippen LogP contribution in [-0.4, -0.2) is 45.3 Å². The number of rotatable bonds is 13. The zero-order chi connectivity index (χ0) is 19.4. The molecule has 0 aliphatic carbocycles. The summed E-state index contributed by atoms with van der Waals surface area (Å²) in [5.74, 6) is 0.681. The van der Waals surface area contributed by atoms with Crippen LogP contribution in [0.4, 0.5) is 0 Å². The lowest BCUT2D eigenvalue weighted by Crippen LogP contribution is -2.26. The standard InChI is InChI=1S/C18H30N2O4S2/c1-18(2,26-25-3)7-6-17(23)19-8-4-5-9-24-16-10-14(12-21)20-15(11-16)13-22/h10-11,21-22H,4-9,12-13H2,1-3H3,(H,19,23). The van der Waals surface area contributed by atoms with Gasteiger partial charge in [0.2, 0.25) is 5.91 Å². The molecule has 0 aromatic carbocycles. The molecule has 0 bridgehead atoms. The number of carbonyl (C=O) groups is 1. The molecule has 8 heteroatoms. The molecule has 1 rings (SSSR count). The number of aromatic nitrogens is 1. The fourth-order valence-electron chi connectivity index (χ4n) is 2.28. The predicted molar refractivity (Wildman–Crippen MR) is 108 cm³/mol. The normalized spacial score (nSPS) is 11.4. The molecule has 0 saturated carbocycles. The lowest BCUT2D eigenvalue weighted by Gasteiger charge is -2.21. The Kier molecular flexibility index (Phi) is 11.0. The van der Waals surface area contributed by atoms with Gasteiger partial charge in [0.05, 0.1) is 31.2 Å². The van der Waals surface area contributed by atoms with Crippen LogP contribution in [0.1, 0.15) is 50.9 Å². The minimum atomic E-state index is -0.192. The molecule has 1 aromatic heterocycles. The molecule has 0 aliphatic heterocycles. The number of unbranched alkanes of at least 4 members (excludes halogenated alkanes) is 1. The molecule has 0 aliphatic rings. The highest BCUT2D eigenvalue weighted by Crippen LogP contribution is 2.36. The first-order chi connectivity index (χ1) is 12.4. The first kappa shape index (κ1) is 23.1. The van der Waals surface area contributed by atoms with Crippen molar-refractivity contribution in [3.63, 3.8) is 0 Å². The van der Waals surface area contributed by atoms with Gasteiger partial charge < -0.3 is 20.3 Å². The summed E-state index contributed by atoms with van der Waals surface area (Å²) in [5.41, 5.74) is 0.947. The minimum Gasteiger partial charge on any atom is -0.493 e. The molecule has 1 amide bonds. The summed E-state index contributed by atoms with van der Waals surface area (Å²) in [5, 5.41) is 21.3. The number of hydrogen-bond acceptors (Lipinski definition) is 7. The molecule has 0 saturated heterocycles. The highest BCUT2D eigenvalue weighted by molar-refractivity contribution is 8.76. The lowest BCUT2D eigenvalue weighted by atomic mass is 10.1. The van der Waals surface area contributed by atoms with Crippen LogP contribution in [0, 0.1) is 0 Å². The first-order valence-corrected chi connectivity index (χ1v) is 11.3. The molecule has 1 heterocycles. The summed E-state index contributed by atoms with van der Waals surface area (Å²) in [6.45, 7) is 5.07. The van der Waals surface area contributed by atoms with Gasteiger partial charge in [0.15, 0.2) is 0 Å². The summed E-state index contributed by atoms with van der Waals surface area (Å²) in [4.78, 5) is 15.9. The van der Waals surface area contributed by atoms with E-state index < -0.39 is 0 Å².